The molecule has 0 atom stereocenters. The molecule has 1 heterocycles. The van der Waals surface area contributed by atoms with Crippen molar-refractivity contribution < 1.29 is 10.2 Å². The highest BCUT2D eigenvalue weighted by atomic mass is 32.1. The molecule has 0 spiro atoms. The van der Waals surface area contributed by atoms with E-state index in [0.717, 1.165) is 4.88 Å². The third-order valence-corrected chi connectivity index (χ3v) is 2.35. The van der Waals surface area contributed by atoms with Crippen LogP contribution in [0.25, 0.3) is 0 Å². The Morgan fingerprint density at radius 1 is 1.58 bits per heavy atom. The van der Waals surface area contributed by atoms with Crippen molar-refractivity contribution in [1.29, 1.82) is 0 Å². The average molecular weight is 183 g/mol. The van der Waals surface area contributed by atoms with Gasteiger partial charge in [0.1, 0.15) is 4.88 Å². The fourth-order valence-electron chi connectivity index (χ4n) is 0.831. The Morgan fingerprint density at radius 2 is 2.25 bits per heavy atom. The molecule has 0 aromatic carbocycles. The summed E-state index contributed by atoms with van der Waals surface area (Å²) in [5.74, 6) is 0.291. The smallest absolute Gasteiger partial charge is 0.286 e. The molecule has 0 saturated carbocycles. The van der Waals surface area contributed by atoms with Gasteiger partial charge in [0, 0.05) is 11.8 Å². The van der Waals surface area contributed by atoms with Crippen molar-refractivity contribution in [3.63, 3.8) is 0 Å². The van der Waals surface area contributed by atoms with Crippen LogP contribution in [0.2, 0.25) is 0 Å². The van der Waals surface area contributed by atoms with E-state index in [4.69, 9.17) is 5.41 Å². The van der Waals surface area contributed by atoms with E-state index in [0.29, 0.717) is 5.84 Å². The molecule has 0 fully saturated rings. The summed E-state index contributed by atoms with van der Waals surface area (Å²) in [5, 5.41) is 8.14. The number of rotatable bonds is 1. The Balaban J connectivity index is 2.72. The van der Waals surface area contributed by atoms with Crippen molar-refractivity contribution in [3.05, 3.63) is 21.9 Å². The van der Waals surface area contributed by atoms with Crippen LogP contribution in [0.1, 0.15) is 16.7 Å². The van der Waals surface area contributed by atoms with Crippen LogP contribution >= 0.6 is 11.3 Å². The number of hydrogen-bond acceptors (Lipinski definition) is 2. The van der Waals surface area contributed by atoms with Crippen LogP contribution < -0.4 is 10.7 Å². The summed E-state index contributed by atoms with van der Waals surface area (Å²) < 4.78 is 0. The lowest BCUT2D eigenvalue weighted by Crippen LogP contribution is -2.50. The molecule has 1 aromatic heterocycles. The lowest BCUT2D eigenvalue weighted by atomic mass is 10.4. The molecule has 0 aliphatic rings. The summed E-state index contributed by atoms with van der Waals surface area (Å²) in [6, 6.07) is 3.86. The number of nitrogens with two attached hydrogens (primary N) is 1. The predicted octanol–water partition coefficient (Wildman–Crippen LogP) is -0.302. The first-order chi connectivity index (χ1) is 5.59. The van der Waals surface area contributed by atoms with Crippen molar-refractivity contribution >= 4 is 23.1 Å². The first kappa shape index (κ1) is 8.93. The zero-order valence-corrected chi connectivity index (χ0v) is 7.87. The molecule has 0 saturated heterocycles. The van der Waals surface area contributed by atoms with E-state index in [2.05, 4.69) is 5.32 Å². The Hall–Kier alpha value is -1.16. The number of hydrogen-bond donors (Lipinski definition) is 2. The summed E-state index contributed by atoms with van der Waals surface area (Å²) in [4.78, 5) is 12.7. The molecule has 3 nitrogen and oxygen atoms in total. The van der Waals surface area contributed by atoms with E-state index in [1.54, 1.807) is 11.3 Å². The molecular weight excluding hydrogens is 172 g/mol. The number of amides is 1. The lowest BCUT2D eigenvalue weighted by Gasteiger charge is -1.91. The van der Waals surface area contributed by atoms with Crippen molar-refractivity contribution in [2.24, 2.45) is 0 Å². The van der Waals surface area contributed by atoms with Gasteiger partial charge >= 0.3 is 5.91 Å². The first-order valence-corrected chi connectivity index (χ1v) is 4.38. The van der Waals surface area contributed by atoms with Gasteiger partial charge in [0.2, 0.25) is 0 Å². The van der Waals surface area contributed by atoms with Crippen LogP contribution in [0.3, 0.4) is 0 Å². The maximum absolute atomic E-state index is 10.6. The lowest BCUT2D eigenvalue weighted by molar-refractivity contribution is -0.126. The predicted molar refractivity (Wildman–Crippen MR) is 48.9 cm³/mol. The monoisotopic (exact) mass is 183 g/mol. The fraction of sp³-hybridized carbons (Fsp3) is 0.250. The highest BCUT2D eigenvalue weighted by Crippen LogP contribution is 2.13. The second-order valence-electron chi connectivity index (χ2n) is 2.51. The number of carbonyl (C=O) groups excluding carboxylic acids is 1. The van der Waals surface area contributed by atoms with Gasteiger partial charge in [-0.05, 0) is 19.1 Å². The Kier molecular flexibility index (Phi) is 2.60. The molecule has 3 N–H and O–H groups in total. The molecule has 12 heavy (non-hydrogen) atoms. The molecule has 1 rings (SSSR count). The van der Waals surface area contributed by atoms with Crippen LogP contribution in [0.5, 0.6) is 0 Å². The molecule has 0 bridgehead atoms. The van der Waals surface area contributed by atoms with Gasteiger partial charge in [0.05, 0.1) is 0 Å². The second-order valence-corrected chi connectivity index (χ2v) is 3.79. The highest BCUT2D eigenvalue weighted by Gasteiger charge is 2.11. The fourth-order valence-corrected chi connectivity index (χ4v) is 1.61. The minimum absolute atomic E-state index is 0.140. The van der Waals surface area contributed by atoms with E-state index in [1.165, 1.54) is 11.8 Å². The summed E-state index contributed by atoms with van der Waals surface area (Å²) in [6.45, 7) is 3.43. The number of aryl methyl sites for hydroxylation is 1. The quantitative estimate of drug-likeness (QED) is 0.456. The van der Waals surface area contributed by atoms with Crippen molar-refractivity contribution in [3.8, 4) is 0 Å². The van der Waals surface area contributed by atoms with Crippen LogP contribution in [0, 0.1) is 6.92 Å². The normalized spacial score (nSPS) is 9.50. The van der Waals surface area contributed by atoms with Gasteiger partial charge in [-0.3, -0.25) is 5.41 Å². The molecule has 4 heteroatoms. The number of carbonyl (C=O) groups is 1. The van der Waals surface area contributed by atoms with Crippen molar-refractivity contribution in [2.75, 3.05) is 0 Å². The number of amidine groups is 1. The molecule has 0 aliphatic heterocycles. The van der Waals surface area contributed by atoms with Gasteiger partial charge in [-0.2, -0.15) is 0 Å². The molecule has 64 valence electrons. The van der Waals surface area contributed by atoms with Gasteiger partial charge < -0.3 is 0 Å². The van der Waals surface area contributed by atoms with Crippen molar-refractivity contribution in [1.82, 2.24) is 5.32 Å². The van der Waals surface area contributed by atoms with Crippen LogP contribution in [-0.2, 0) is 4.79 Å². The largest absolute Gasteiger partial charge is 0.304 e. The van der Waals surface area contributed by atoms with Gasteiger partial charge in [-0.25, -0.2) is 10.1 Å². The second kappa shape index (κ2) is 3.49. The van der Waals surface area contributed by atoms with Gasteiger partial charge in [-0.15, -0.1) is 11.3 Å². The Labute approximate surface area is 74.9 Å². The topological polar surface area (TPSA) is 54.7 Å². The average Bonchev–Trinajstić information content (AvgIpc) is 2.34. The number of thiophene rings is 1. The molecule has 0 unspecified atom stereocenters. The first-order valence-electron chi connectivity index (χ1n) is 3.56. The maximum Gasteiger partial charge on any atom is 0.304 e. The molecule has 1 amide bonds. The molecule has 1 aromatic rings. The van der Waals surface area contributed by atoms with E-state index >= 15 is 0 Å². The summed E-state index contributed by atoms with van der Waals surface area (Å²) in [6.07, 6.45) is 0. The summed E-state index contributed by atoms with van der Waals surface area (Å²) in [5.41, 5.74) is 0. The van der Waals surface area contributed by atoms with Gasteiger partial charge in [-0.1, -0.05) is 0 Å². The third kappa shape index (κ3) is 2.17. The number of nitrogens with one attached hydrogen (secondary N) is 1. The van der Waals surface area contributed by atoms with E-state index in [1.807, 2.05) is 19.1 Å². The van der Waals surface area contributed by atoms with E-state index in [-0.39, 0.29) is 5.91 Å². The minimum atomic E-state index is -0.140. The third-order valence-electron chi connectivity index (χ3n) is 1.32. The summed E-state index contributed by atoms with van der Waals surface area (Å²) >= 11 is 1.56. The Bertz CT molecular complexity index is 317. The maximum atomic E-state index is 10.6. The van der Waals surface area contributed by atoms with Gasteiger partial charge in [0.25, 0.3) is 5.84 Å². The van der Waals surface area contributed by atoms with Crippen LogP contribution in [0.15, 0.2) is 12.1 Å². The van der Waals surface area contributed by atoms with Gasteiger partial charge in [0.15, 0.2) is 0 Å². The molecule has 0 radical (unpaired) electrons. The summed E-state index contributed by atoms with van der Waals surface area (Å²) in [7, 11) is 0. The highest BCUT2D eigenvalue weighted by molar-refractivity contribution is 7.14. The van der Waals surface area contributed by atoms with E-state index < -0.39 is 0 Å². The minimum Gasteiger partial charge on any atom is -0.286 e. The van der Waals surface area contributed by atoms with Crippen LogP contribution in [0.4, 0.5) is 0 Å². The molecular formula is C8H11N2OS+. The SMILES string of the molecule is CC(=O)NC(=[NH2+])c1ccc(C)s1. The standard InChI is InChI=1S/C8H10N2OS/c1-5-3-4-7(12-5)8(9)10-6(2)11/h3-4H,1-2H3,(H2,9,10,11)/p+1. The van der Waals surface area contributed by atoms with Crippen LogP contribution in [-0.4, -0.2) is 11.7 Å². The molecule has 0 aliphatic carbocycles. The zero-order valence-electron chi connectivity index (χ0n) is 7.05. The Morgan fingerprint density at radius 3 is 2.67 bits per heavy atom. The van der Waals surface area contributed by atoms with E-state index in [9.17, 15) is 4.79 Å². The van der Waals surface area contributed by atoms with Crippen molar-refractivity contribution in [2.45, 2.75) is 13.8 Å². The zero-order chi connectivity index (χ0) is 9.14.